The quantitative estimate of drug-likeness (QED) is 0.732. The van der Waals surface area contributed by atoms with Crippen LogP contribution in [-0.4, -0.2) is 19.3 Å². The lowest BCUT2D eigenvalue weighted by Gasteiger charge is -2.31. The molecule has 0 saturated heterocycles. The summed E-state index contributed by atoms with van der Waals surface area (Å²) < 4.78 is 10.7. The monoisotopic (exact) mass is 193 g/mol. The van der Waals surface area contributed by atoms with Crippen LogP contribution in [0.1, 0.15) is 12.5 Å². The zero-order valence-corrected chi connectivity index (χ0v) is 8.54. The summed E-state index contributed by atoms with van der Waals surface area (Å²) in [5.74, 6) is 1.78. The standard InChI is InChI=1S/C11H15NO2/c1-11(12)6-8-5-9(13-2)3-4-10(8)14-7-11/h3-5H,6-7,12H2,1-2H3. The van der Waals surface area contributed by atoms with Crippen molar-refractivity contribution in [1.82, 2.24) is 0 Å². The van der Waals surface area contributed by atoms with Crippen LogP contribution in [0.3, 0.4) is 0 Å². The summed E-state index contributed by atoms with van der Waals surface area (Å²) in [5, 5.41) is 0. The Labute approximate surface area is 83.8 Å². The van der Waals surface area contributed by atoms with E-state index in [9.17, 15) is 0 Å². The van der Waals surface area contributed by atoms with E-state index in [1.54, 1.807) is 7.11 Å². The normalized spacial score (nSPS) is 25.1. The molecule has 2 rings (SSSR count). The van der Waals surface area contributed by atoms with Crippen LogP contribution >= 0.6 is 0 Å². The Morgan fingerprint density at radius 1 is 1.50 bits per heavy atom. The van der Waals surface area contributed by atoms with E-state index >= 15 is 0 Å². The summed E-state index contributed by atoms with van der Waals surface area (Å²) in [4.78, 5) is 0. The fourth-order valence-corrected chi connectivity index (χ4v) is 1.69. The summed E-state index contributed by atoms with van der Waals surface area (Å²) in [5.41, 5.74) is 6.88. The molecule has 1 aliphatic rings. The van der Waals surface area contributed by atoms with Crippen molar-refractivity contribution in [2.24, 2.45) is 5.73 Å². The van der Waals surface area contributed by atoms with E-state index in [4.69, 9.17) is 15.2 Å². The predicted octanol–water partition coefficient (Wildman–Crippen LogP) is 1.35. The van der Waals surface area contributed by atoms with Crippen LogP contribution < -0.4 is 15.2 Å². The topological polar surface area (TPSA) is 44.5 Å². The third-order valence-electron chi connectivity index (χ3n) is 2.42. The van der Waals surface area contributed by atoms with Crippen molar-refractivity contribution >= 4 is 0 Å². The number of hydrogen-bond donors (Lipinski definition) is 1. The molecule has 0 bridgehead atoms. The molecule has 1 unspecified atom stereocenters. The van der Waals surface area contributed by atoms with E-state index < -0.39 is 0 Å². The Balaban J connectivity index is 2.34. The molecule has 0 aliphatic carbocycles. The van der Waals surface area contributed by atoms with E-state index in [1.807, 2.05) is 25.1 Å². The molecule has 3 heteroatoms. The van der Waals surface area contributed by atoms with Crippen molar-refractivity contribution in [3.05, 3.63) is 23.8 Å². The molecule has 1 aliphatic heterocycles. The maximum atomic E-state index is 6.02. The molecule has 0 amide bonds. The van der Waals surface area contributed by atoms with Gasteiger partial charge >= 0.3 is 0 Å². The van der Waals surface area contributed by atoms with Crippen LogP contribution in [-0.2, 0) is 6.42 Å². The molecule has 14 heavy (non-hydrogen) atoms. The zero-order valence-electron chi connectivity index (χ0n) is 8.54. The highest BCUT2D eigenvalue weighted by molar-refractivity contribution is 5.42. The van der Waals surface area contributed by atoms with E-state index in [0.29, 0.717) is 6.61 Å². The SMILES string of the molecule is COc1ccc2c(c1)CC(C)(N)CO2. The first-order chi connectivity index (χ1) is 6.61. The Morgan fingerprint density at radius 3 is 3.00 bits per heavy atom. The molecular weight excluding hydrogens is 178 g/mol. The fourth-order valence-electron chi connectivity index (χ4n) is 1.69. The number of benzene rings is 1. The van der Waals surface area contributed by atoms with Crippen LogP contribution in [0.25, 0.3) is 0 Å². The minimum atomic E-state index is -0.265. The van der Waals surface area contributed by atoms with E-state index in [2.05, 4.69) is 0 Å². The van der Waals surface area contributed by atoms with Gasteiger partial charge in [-0.15, -0.1) is 0 Å². The highest BCUT2D eigenvalue weighted by atomic mass is 16.5. The average molecular weight is 193 g/mol. The molecule has 0 fully saturated rings. The Bertz CT molecular complexity index is 347. The van der Waals surface area contributed by atoms with E-state index in [-0.39, 0.29) is 5.54 Å². The van der Waals surface area contributed by atoms with Crippen molar-refractivity contribution in [3.63, 3.8) is 0 Å². The first-order valence-electron chi connectivity index (χ1n) is 4.69. The van der Waals surface area contributed by atoms with E-state index in [0.717, 1.165) is 23.5 Å². The van der Waals surface area contributed by atoms with Crippen molar-refractivity contribution < 1.29 is 9.47 Å². The smallest absolute Gasteiger partial charge is 0.122 e. The summed E-state index contributed by atoms with van der Waals surface area (Å²) >= 11 is 0. The third kappa shape index (κ3) is 1.68. The lowest BCUT2D eigenvalue weighted by Crippen LogP contribution is -2.47. The van der Waals surface area contributed by atoms with Crippen LogP contribution in [0.4, 0.5) is 0 Å². The van der Waals surface area contributed by atoms with Gasteiger partial charge in [0.25, 0.3) is 0 Å². The maximum absolute atomic E-state index is 6.02. The van der Waals surface area contributed by atoms with Crippen molar-refractivity contribution in [3.8, 4) is 11.5 Å². The van der Waals surface area contributed by atoms with Gasteiger partial charge in [-0.3, -0.25) is 0 Å². The van der Waals surface area contributed by atoms with Gasteiger partial charge in [-0.05, 0) is 37.1 Å². The van der Waals surface area contributed by atoms with Crippen molar-refractivity contribution in [2.45, 2.75) is 18.9 Å². The molecule has 1 atom stereocenters. The molecule has 0 aromatic heterocycles. The van der Waals surface area contributed by atoms with Gasteiger partial charge in [0.05, 0.1) is 12.6 Å². The van der Waals surface area contributed by atoms with Crippen molar-refractivity contribution in [1.29, 1.82) is 0 Å². The number of nitrogens with two attached hydrogens (primary N) is 1. The van der Waals surface area contributed by atoms with Crippen LogP contribution in [0, 0.1) is 0 Å². The lowest BCUT2D eigenvalue weighted by atomic mass is 9.92. The first-order valence-corrected chi connectivity index (χ1v) is 4.69. The highest BCUT2D eigenvalue weighted by Crippen LogP contribution is 2.31. The average Bonchev–Trinajstić information content (AvgIpc) is 2.15. The first kappa shape index (κ1) is 9.34. The number of fused-ring (bicyclic) bond motifs is 1. The minimum Gasteiger partial charge on any atom is -0.497 e. The number of hydrogen-bond acceptors (Lipinski definition) is 3. The van der Waals surface area contributed by atoms with Gasteiger partial charge in [0.2, 0.25) is 0 Å². The fraction of sp³-hybridized carbons (Fsp3) is 0.455. The zero-order chi connectivity index (χ0) is 10.2. The summed E-state index contributed by atoms with van der Waals surface area (Å²) in [6, 6.07) is 5.82. The lowest BCUT2D eigenvalue weighted by molar-refractivity contribution is 0.203. The molecule has 1 heterocycles. The van der Waals surface area contributed by atoms with Crippen molar-refractivity contribution in [2.75, 3.05) is 13.7 Å². The summed E-state index contributed by atoms with van der Waals surface area (Å²) in [6.07, 6.45) is 0.833. The maximum Gasteiger partial charge on any atom is 0.122 e. The summed E-state index contributed by atoms with van der Waals surface area (Å²) in [6.45, 7) is 2.57. The molecule has 2 N–H and O–H groups in total. The molecule has 1 aromatic carbocycles. The van der Waals surface area contributed by atoms with Gasteiger partial charge in [-0.1, -0.05) is 0 Å². The Kier molecular flexibility index (Phi) is 2.11. The molecule has 0 saturated carbocycles. The molecule has 76 valence electrons. The summed E-state index contributed by atoms with van der Waals surface area (Å²) in [7, 11) is 1.66. The van der Waals surface area contributed by atoms with Gasteiger partial charge in [0.15, 0.2) is 0 Å². The van der Waals surface area contributed by atoms with Crippen LogP contribution in [0.2, 0.25) is 0 Å². The van der Waals surface area contributed by atoms with Gasteiger partial charge in [-0.2, -0.15) is 0 Å². The molecule has 3 nitrogen and oxygen atoms in total. The highest BCUT2D eigenvalue weighted by Gasteiger charge is 2.27. The molecule has 1 aromatic rings. The number of ether oxygens (including phenoxy) is 2. The van der Waals surface area contributed by atoms with Crippen LogP contribution in [0.15, 0.2) is 18.2 Å². The predicted molar refractivity (Wildman–Crippen MR) is 54.8 cm³/mol. The number of methoxy groups -OCH3 is 1. The van der Waals surface area contributed by atoms with Crippen LogP contribution in [0.5, 0.6) is 11.5 Å². The van der Waals surface area contributed by atoms with Gasteiger partial charge in [0, 0.05) is 0 Å². The third-order valence-corrected chi connectivity index (χ3v) is 2.42. The minimum absolute atomic E-state index is 0.265. The second-order valence-electron chi connectivity index (χ2n) is 4.09. The van der Waals surface area contributed by atoms with Gasteiger partial charge in [0.1, 0.15) is 18.1 Å². The Hall–Kier alpha value is -1.22. The largest absolute Gasteiger partial charge is 0.497 e. The number of rotatable bonds is 1. The van der Waals surface area contributed by atoms with E-state index in [1.165, 1.54) is 0 Å². The van der Waals surface area contributed by atoms with Gasteiger partial charge < -0.3 is 15.2 Å². The molecule has 0 spiro atoms. The second-order valence-corrected chi connectivity index (χ2v) is 4.09. The second kappa shape index (κ2) is 3.17. The Morgan fingerprint density at radius 2 is 2.29 bits per heavy atom. The van der Waals surface area contributed by atoms with Gasteiger partial charge in [-0.25, -0.2) is 0 Å². The molecule has 0 radical (unpaired) electrons. The molecular formula is C11H15NO2.